The standard InChI is InChI=1S/C28H37N7/c1-33(2)19-28(22-7-4-3-5-8-22)32-24-12-15-34(16-13-24)14-6-9-23-18-29-27-11-10-25(17-26(23)27)35-20-30-31-21-35/h3-5,7-8,10-11,17-18,20-21,24,28-29,32H,6,9,12-16,19H2,1-2H3/t28-/m0/s1. The summed E-state index contributed by atoms with van der Waals surface area (Å²) in [6.07, 6.45) is 10.4. The summed E-state index contributed by atoms with van der Waals surface area (Å²) < 4.78 is 1.95. The molecule has 2 aromatic heterocycles. The van der Waals surface area contributed by atoms with Crippen LogP contribution in [0, 0.1) is 0 Å². The first-order valence-electron chi connectivity index (χ1n) is 12.8. The molecule has 0 spiro atoms. The van der Waals surface area contributed by atoms with Crippen molar-refractivity contribution in [2.45, 2.75) is 37.8 Å². The van der Waals surface area contributed by atoms with Crippen LogP contribution in [0.5, 0.6) is 0 Å². The smallest absolute Gasteiger partial charge is 0.123 e. The van der Waals surface area contributed by atoms with E-state index in [0.717, 1.165) is 25.2 Å². The molecule has 184 valence electrons. The van der Waals surface area contributed by atoms with Crippen molar-refractivity contribution in [2.24, 2.45) is 0 Å². The van der Waals surface area contributed by atoms with Crippen molar-refractivity contribution in [3.05, 3.63) is 78.5 Å². The largest absolute Gasteiger partial charge is 0.361 e. The Kier molecular flexibility index (Phi) is 7.57. The van der Waals surface area contributed by atoms with E-state index in [2.05, 4.69) is 99.1 Å². The van der Waals surface area contributed by atoms with E-state index >= 15 is 0 Å². The maximum atomic E-state index is 3.96. The summed E-state index contributed by atoms with van der Waals surface area (Å²) in [6, 6.07) is 18.3. The van der Waals surface area contributed by atoms with Crippen LogP contribution in [0.1, 0.15) is 36.4 Å². The molecule has 1 saturated heterocycles. The number of rotatable bonds is 10. The summed E-state index contributed by atoms with van der Waals surface area (Å²) in [4.78, 5) is 8.35. The zero-order valence-electron chi connectivity index (χ0n) is 20.9. The molecule has 35 heavy (non-hydrogen) atoms. The van der Waals surface area contributed by atoms with E-state index in [1.807, 2.05) is 4.57 Å². The van der Waals surface area contributed by atoms with E-state index in [9.17, 15) is 0 Å². The predicted octanol–water partition coefficient (Wildman–Crippen LogP) is 4.04. The highest BCUT2D eigenvalue weighted by atomic mass is 15.2. The highest BCUT2D eigenvalue weighted by Crippen LogP contribution is 2.24. The molecule has 1 fully saturated rings. The Balaban J connectivity index is 1.11. The number of aromatic nitrogens is 4. The number of fused-ring (bicyclic) bond motifs is 1. The lowest BCUT2D eigenvalue weighted by atomic mass is 10.00. The number of hydrogen-bond donors (Lipinski definition) is 2. The van der Waals surface area contributed by atoms with Gasteiger partial charge in [-0.15, -0.1) is 10.2 Å². The van der Waals surface area contributed by atoms with E-state index < -0.39 is 0 Å². The molecule has 0 bridgehead atoms. The molecule has 7 heteroatoms. The van der Waals surface area contributed by atoms with Gasteiger partial charge < -0.3 is 20.1 Å². The zero-order valence-corrected chi connectivity index (χ0v) is 20.9. The Morgan fingerprint density at radius 3 is 2.57 bits per heavy atom. The Hall–Kier alpha value is -3.00. The predicted molar refractivity (Wildman–Crippen MR) is 142 cm³/mol. The van der Waals surface area contributed by atoms with Gasteiger partial charge in [-0.3, -0.25) is 4.57 Å². The van der Waals surface area contributed by atoms with Crippen molar-refractivity contribution < 1.29 is 0 Å². The summed E-state index contributed by atoms with van der Waals surface area (Å²) >= 11 is 0. The molecule has 2 aromatic carbocycles. The number of piperidine rings is 1. The van der Waals surface area contributed by atoms with Crippen molar-refractivity contribution in [1.82, 2.24) is 34.9 Å². The third-order valence-corrected chi connectivity index (χ3v) is 7.16. The molecule has 1 aliphatic rings. The van der Waals surface area contributed by atoms with Gasteiger partial charge in [-0.1, -0.05) is 30.3 Å². The first-order chi connectivity index (χ1) is 17.2. The number of hydrogen-bond acceptors (Lipinski definition) is 5. The molecule has 3 heterocycles. The van der Waals surface area contributed by atoms with Crippen molar-refractivity contribution in [2.75, 3.05) is 40.3 Å². The lowest BCUT2D eigenvalue weighted by Crippen LogP contribution is -2.45. The summed E-state index contributed by atoms with van der Waals surface area (Å²) in [5.74, 6) is 0. The molecule has 0 unspecified atom stereocenters. The van der Waals surface area contributed by atoms with Gasteiger partial charge in [0.15, 0.2) is 0 Å². The van der Waals surface area contributed by atoms with Crippen molar-refractivity contribution >= 4 is 10.9 Å². The van der Waals surface area contributed by atoms with Crippen molar-refractivity contribution in [3.8, 4) is 5.69 Å². The highest BCUT2D eigenvalue weighted by Gasteiger charge is 2.22. The number of likely N-dealkylation sites (tertiary alicyclic amines) is 1. The van der Waals surface area contributed by atoms with Crippen LogP contribution in [-0.2, 0) is 6.42 Å². The second-order valence-corrected chi connectivity index (χ2v) is 10.0. The summed E-state index contributed by atoms with van der Waals surface area (Å²) in [7, 11) is 4.31. The van der Waals surface area contributed by atoms with E-state index in [4.69, 9.17) is 0 Å². The van der Waals surface area contributed by atoms with Crippen LogP contribution >= 0.6 is 0 Å². The molecule has 0 amide bonds. The molecule has 2 N–H and O–H groups in total. The fourth-order valence-electron chi connectivity index (χ4n) is 5.27. The Bertz CT molecular complexity index is 1170. The lowest BCUT2D eigenvalue weighted by molar-refractivity contribution is 0.183. The minimum Gasteiger partial charge on any atom is -0.361 e. The van der Waals surface area contributed by atoms with Gasteiger partial charge >= 0.3 is 0 Å². The number of aromatic amines is 1. The Morgan fingerprint density at radius 2 is 1.83 bits per heavy atom. The third-order valence-electron chi connectivity index (χ3n) is 7.16. The third kappa shape index (κ3) is 5.99. The SMILES string of the molecule is CN(C)C[C@H](NC1CCN(CCCc2c[nH]c3ccc(-n4cnnc4)cc23)CC1)c1ccccc1. The van der Waals surface area contributed by atoms with Gasteiger partial charge in [0.2, 0.25) is 0 Å². The maximum Gasteiger partial charge on any atom is 0.123 e. The lowest BCUT2D eigenvalue weighted by Gasteiger charge is -2.35. The Labute approximate surface area is 208 Å². The van der Waals surface area contributed by atoms with Crippen LogP contribution in [0.3, 0.4) is 0 Å². The van der Waals surface area contributed by atoms with Gasteiger partial charge in [-0.05, 0) is 88.7 Å². The summed E-state index contributed by atoms with van der Waals surface area (Å²) in [5, 5.41) is 13.1. The van der Waals surface area contributed by atoms with Gasteiger partial charge in [0.25, 0.3) is 0 Å². The highest BCUT2D eigenvalue weighted by molar-refractivity contribution is 5.85. The molecule has 0 saturated carbocycles. The topological polar surface area (TPSA) is 65.0 Å². The quantitative estimate of drug-likeness (QED) is 0.366. The van der Waals surface area contributed by atoms with Gasteiger partial charge in [-0.2, -0.15) is 0 Å². The number of nitrogens with one attached hydrogen (secondary N) is 2. The van der Waals surface area contributed by atoms with E-state index in [-0.39, 0.29) is 0 Å². The minimum atomic E-state index is 0.382. The molecular formula is C28H37N7. The van der Waals surface area contributed by atoms with Crippen LogP contribution in [0.15, 0.2) is 67.4 Å². The zero-order chi connectivity index (χ0) is 24.0. The van der Waals surface area contributed by atoms with E-state index in [1.54, 1.807) is 12.7 Å². The first-order valence-corrected chi connectivity index (χ1v) is 12.8. The molecule has 1 atom stereocenters. The average molecular weight is 472 g/mol. The van der Waals surface area contributed by atoms with Gasteiger partial charge in [0.1, 0.15) is 12.7 Å². The maximum absolute atomic E-state index is 3.96. The van der Waals surface area contributed by atoms with Crippen LogP contribution in [-0.4, -0.2) is 75.9 Å². The fourth-order valence-corrected chi connectivity index (χ4v) is 5.27. The molecule has 0 aliphatic carbocycles. The fraction of sp³-hybridized carbons (Fsp3) is 0.429. The van der Waals surface area contributed by atoms with Crippen molar-refractivity contribution in [3.63, 3.8) is 0 Å². The number of benzene rings is 2. The second kappa shape index (κ2) is 11.2. The normalized spacial score (nSPS) is 16.3. The monoisotopic (exact) mass is 471 g/mol. The molecule has 1 aliphatic heterocycles. The molecule has 5 rings (SSSR count). The van der Waals surface area contributed by atoms with Crippen molar-refractivity contribution in [1.29, 1.82) is 0 Å². The first kappa shape index (κ1) is 23.7. The van der Waals surface area contributed by atoms with Crippen LogP contribution < -0.4 is 5.32 Å². The van der Waals surface area contributed by atoms with Crippen LogP contribution in [0.4, 0.5) is 0 Å². The molecular weight excluding hydrogens is 434 g/mol. The van der Waals surface area contributed by atoms with Gasteiger partial charge in [0.05, 0.1) is 0 Å². The molecule has 4 aromatic rings. The summed E-state index contributed by atoms with van der Waals surface area (Å²) in [5.41, 5.74) is 5.06. The Morgan fingerprint density at radius 1 is 1.06 bits per heavy atom. The average Bonchev–Trinajstić information content (AvgIpc) is 3.55. The number of likely N-dealkylation sites (N-methyl/N-ethyl adjacent to an activating group) is 1. The summed E-state index contributed by atoms with van der Waals surface area (Å²) in [6.45, 7) is 4.53. The molecule has 7 nitrogen and oxygen atoms in total. The van der Waals surface area contributed by atoms with E-state index in [1.165, 1.54) is 54.4 Å². The molecule has 0 radical (unpaired) electrons. The number of H-pyrrole nitrogens is 1. The second-order valence-electron chi connectivity index (χ2n) is 10.0. The van der Waals surface area contributed by atoms with Crippen LogP contribution in [0.25, 0.3) is 16.6 Å². The van der Waals surface area contributed by atoms with E-state index in [0.29, 0.717) is 12.1 Å². The number of nitrogens with zero attached hydrogens (tertiary/aromatic N) is 5. The van der Waals surface area contributed by atoms with Gasteiger partial charge in [0, 0.05) is 41.4 Å². The van der Waals surface area contributed by atoms with Crippen LogP contribution in [0.2, 0.25) is 0 Å². The minimum absolute atomic E-state index is 0.382. The number of aryl methyl sites for hydroxylation is 1. The van der Waals surface area contributed by atoms with Gasteiger partial charge in [-0.25, -0.2) is 0 Å².